The molecule has 0 rings (SSSR count). The summed E-state index contributed by atoms with van der Waals surface area (Å²) in [6.07, 6.45) is 5.29. The molecule has 0 aromatic rings. The van der Waals surface area contributed by atoms with Crippen molar-refractivity contribution in [2.75, 3.05) is 13.1 Å². The van der Waals surface area contributed by atoms with Gasteiger partial charge in [-0.15, -0.1) is 0 Å². The predicted molar refractivity (Wildman–Crippen MR) is 56.2 cm³/mol. The van der Waals surface area contributed by atoms with Gasteiger partial charge in [-0.25, -0.2) is 4.79 Å². The van der Waals surface area contributed by atoms with E-state index in [4.69, 9.17) is 0 Å². The van der Waals surface area contributed by atoms with E-state index in [0.29, 0.717) is 13.0 Å². The van der Waals surface area contributed by atoms with Crippen LogP contribution in [0.1, 0.15) is 39.0 Å². The Balaban J connectivity index is 3.14. The molecule has 0 spiro atoms. The molecule has 0 radical (unpaired) electrons. The highest BCUT2D eigenvalue weighted by molar-refractivity contribution is 5.73. The van der Waals surface area contributed by atoms with E-state index in [0.717, 1.165) is 38.5 Å². The molecule has 0 fully saturated rings. The maximum Gasteiger partial charge on any atom is 0.314 e. The molecule has 0 atom stereocenters. The molecule has 4 heteroatoms. The Morgan fingerprint density at radius 1 is 1.14 bits per heavy atom. The lowest BCUT2D eigenvalue weighted by Gasteiger charge is -2.05. The molecule has 2 amide bonds. The number of hydrogen-bond donors (Lipinski definition) is 2. The molecule has 0 saturated heterocycles. The van der Waals surface area contributed by atoms with Crippen LogP contribution in [-0.4, -0.2) is 25.4 Å². The molecule has 14 heavy (non-hydrogen) atoms. The van der Waals surface area contributed by atoms with Crippen molar-refractivity contribution < 1.29 is 9.59 Å². The first-order valence-electron chi connectivity index (χ1n) is 5.26. The number of hydrogen-bond acceptors (Lipinski definition) is 2. The van der Waals surface area contributed by atoms with Crippen LogP contribution >= 0.6 is 0 Å². The number of nitrogens with one attached hydrogen (secondary N) is 2. The topological polar surface area (TPSA) is 58.2 Å². The van der Waals surface area contributed by atoms with E-state index >= 15 is 0 Å². The summed E-state index contributed by atoms with van der Waals surface area (Å²) in [4.78, 5) is 21.0. The largest absolute Gasteiger partial charge is 0.338 e. The van der Waals surface area contributed by atoms with Crippen molar-refractivity contribution in [3.05, 3.63) is 0 Å². The van der Waals surface area contributed by atoms with Crippen molar-refractivity contribution in [2.24, 2.45) is 0 Å². The van der Waals surface area contributed by atoms with Crippen LogP contribution < -0.4 is 10.6 Å². The standard InChI is InChI=1S/C10H20N2O2/c1-2-3-7-11-10(14)12-8-5-4-6-9-13/h9H,2-8H2,1H3,(H2,11,12,14). The lowest BCUT2D eigenvalue weighted by molar-refractivity contribution is -0.107. The van der Waals surface area contributed by atoms with Crippen molar-refractivity contribution in [1.82, 2.24) is 10.6 Å². The van der Waals surface area contributed by atoms with E-state index in [1.165, 1.54) is 0 Å². The quantitative estimate of drug-likeness (QED) is 0.460. The number of unbranched alkanes of at least 4 members (excludes halogenated alkanes) is 3. The lowest BCUT2D eigenvalue weighted by Crippen LogP contribution is -2.36. The van der Waals surface area contributed by atoms with Gasteiger partial charge < -0.3 is 15.4 Å². The zero-order valence-electron chi connectivity index (χ0n) is 8.84. The summed E-state index contributed by atoms with van der Waals surface area (Å²) in [5, 5.41) is 5.49. The van der Waals surface area contributed by atoms with E-state index in [9.17, 15) is 9.59 Å². The van der Waals surface area contributed by atoms with Crippen LogP contribution in [0.3, 0.4) is 0 Å². The fraction of sp³-hybridized carbons (Fsp3) is 0.800. The van der Waals surface area contributed by atoms with E-state index in [2.05, 4.69) is 17.6 Å². The molecule has 0 unspecified atom stereocenters. The molecular formula is C10H20N2O2. The first-order valence-corrected chi connectivity index (χ1v) is 5.26. The smallest absolute Gasteiger partial charge is 0.314 e. The molecule has 0 aromatic heterocycles. The first kappa shape index (κ1) is 12.9. The SMILES string of the molecule is CCCCNC(=O)NCCCCC=O. The van der Waals surface area contributed by atoms with Gasteiger partial charge in [0.15, 0.2) is 0 Å². The maximum absolute atomic E-state index is 11.1. The number of rotatable bonds is 8. The Bertz CT molecular complexity index is 160. The van der Waals surface area contributed by atoms with Crippen LogP contribution in [0.2, 0.25) is 0 Å². The van der Waals surface area contributed by atoms with Crippen molar-refractivity contribution in [3.8, 4) is 0 Å². The molecular weight excluding hydrogens is 180 g/mol. The highest BCUT2D eigenvalue weighted by Crippen LogP contribution is 1.89. The second-order valence-corrected chi connectivity index (χ2v) is 3.20. The molecule has 4 nitrogen and oxygen atoms in total. The summed E-state index contributed by atoms with van der Waals surface area (Å²) < 4.78 is 0. The third-order valence-electron chi connectivity index (χ3n) is 1.85. The minimum absolute atomic E-state index is 0.107. The second-order valence-electron chi connectivity index (χ2n) is 3.20. The van der Waals surface area contributed by atoms with Crippen molar-refractivity contribution in [1.29, 1.82) is 0 Å². The highest BCUT2D eigenvalue weighted by atomic mass is 16.2. The second kappa shape index (κ2) is 10.0. The molecule has 0 aromatic carbocycles. The van der Waals surface area contributed by atoms with E-state index < -0.39 is 0 Å². The van der Waals surface area contributed by atoms with Gasteiger partial charge in [0.1, 0.15) is 6.29 Å². The van der Waals surface area contributed by atoms with E-state index in [-0.39, 0.29) is 6.03 Å². The molecule has 0 bridgehead atoms. The van der Waals surface area contributed by atoms with Gasteiger partial charge in [0.25, 0.3) is 0 Å². The molecule has 0 heterocycles. The Morgan fingerprint density at radius 3 is 2.36 bits per heavy atom. The van der Waals surface area contributed by atoms with Crippen LogP contribution in [0.25, 0.3) is 0 Å². The first-order chi connectivity index (χ1) is 6.81. The molecule has 0 saturated carbocycles. The molecule has 0 aliphatic rings. The van der Waals surface area contributed by atoms with Gasteiger partial charge in [0.2, 0.25) is 0 Å². The number of carbonyl (C=O) groups excluding carboxylic acids is 2. The van der Waals surface area contributed by atoms with Crippen molar-refractivity contribution >= 4 is 12.3 Å². The number of aldehydes is 1. The Kier molecular flexibility index (Phi) is 9.26. The average molecular weight is 200 g/mol. The van der Waals surface area contributed by atoms with Gasteiger partial charge in [-0.1, -0.05) is 13.3 Å². The maximum atomic E-state index is 11.1. The Morgan fingerprint density at radius 2 is 1.79 bits per heavy atom. The van der Waals surface area contributed by atoms with Crippen LogP contribution in [0.15, 0.2) is 0 Å². The van der Waals surface area contributed by atoms with Crippen LogP contribution in [0.4, 0.5) is 4.79 Å². The van der Waals surface area contributed by atoms with Gasteiger partial charge in [-0.3, -0.25) is 0 Å². The third kappa shape index (κ3) is 9.03. The molecule has 0 aliphatic carbocycles. The predicted octanol–water partition coefficient (Wildman–Crippen LogP) is 1.45. The van der Waals surface area contributed by atoms with Gasteiger partial charge in [-0.2, -0.15) is 0 Å². The van der Waals surface area contributed by atoms with Crippen molar-refractivity contribution in [2.45, 2.75) is 39.0 Å². The Hall–Kier alpha value is -1.06. The number of carbonyl (C=O) groups is 2. The number of urea groups is 1. The molecule has 82 valence electrons. The van der Waals surface area contributed by atoms with Crippen LogP contribution in [0.5, 0.6) is 0 Å². The number of amides is 2. The summed E-state index contributed by atoms with van der Waals surface area (Å²) in [6, 6.07) is -0.107. The minimum atomic E-state index is -0.107. The van der Waals surface area contributed by atoms with Gasteiger partial charge >= 0.3 is 6.03 Å². The fourth-order valence-corrected chi connectivity index (χ4v) is 0.996. The van der Waals surface area contributed by atoms with Gasteiger partial charge in [0, 0.05) is 19.5 Å². The van der Waals surface area contributed by atoms with Crippen LogP contribution in [-0.2, 0) is 4.79 Å². The van der Waals surface area contributed by atoms with Crippen LogP contribution in [0, 0.1) is 0 Å². The average Bonchev–Trinajstić information content (AvgIpc) is 2.18. The summed E-state index contributed by atoms with van der Waals surface area (Å²) in [5.41, 5.74) is 0. The van der Waals surface area contributed by atoms with E-state index in [1.807, 2.05) is 0 Å². The zero-order chi connectivity index (χ0) is 10.6. The Labute approximate surface area is 85.4 Å². The van der Waals surface area contributed by atoms with Gasteiger partial charge in [-0.05, 0) is 19.3 Å². The summed E-state index contributed by atoms with van der Waals surface area (Å²) in [5.74, 6) is 0. The normalized spacial score (nSPS) is 9.50. The summed E-state index contributed by atoms with van der Waals surface area (Å²) >= 11 is 0. The fourth-order valence-electron chi connectivity index (χ4n) is 0.996. The highest BCUT2D eigenvalue weighted by Gasteiger charge is 1.96. The molecule has 0 aliphatic heterocycles. The zero-order valence-corrected chi connectivity index (χ0v) is 8.84. The molecule has 2 N–H and O–H groups in total. The van der Waals surface area contributed by atoms with Gasteiger partial charge in [0.05, 0.1) is 0 Å². The van der Waals surface area contributed by atoms with Crippen molar-refractivity contribution in [3.63, 3.8) is 0 Å². The monoisotopic (exact) mass is 200 g/mol. The summed E-state index contributed by atoms with van der Waals surface area (Å²) in [6.45, 7) is 3.46. The summed E-state index contributed by atoms with van der Waals surface area (Å²) in [7, 11) is 0. The third-order valence-corrected chi connectivity index (χ3v) is 1.85. The van der Waals surface area contributed by atoms with E-state index in [1.54, 1.807) is 0 Å². The minimum Gasteiger partial charge on any atom is -0.338 e. The lowest BCUT2D eigenvalue weighted by atomic mass is 10.2.